The van der Waals surface area contributed by atoms with Crippen LogP contribution >= 0.6 is 0 Å². The molecule has 3 fully saturated rings. The molecule has 0 spiro atoms. The van der Waals surface area contributed by atoms with E-state index in [0.29, 0.717) is 17.6 Å². The Hall–Kier alpha value is -4.60. The normalized spacial score (nSPS) is 22.2. The van der Waals surface area contributed by atoms with Gasteiger partial charge < -0.3 is 15.6 Å². The average molecular weight is 532 g/mol. The molecule has 40 heavy (non-hydrogen) atoms. The first-order valence-electron chi connectivity index (χ1n) is 14.0. The Morgan fingerprint density at radius 2 is 1.73 bits per heavy atom. The van der Waals surface area contributed by atoms with Gasteiger partial charge in [0.05, 0.1) is 17.6 Å². The number of pyridine rings is 1. The molecule has 1 unspecified atom stereocenters. The third kappa shape index (κ3) is 3.70. The van der Waals surface area contributed by atoms with Gasteiger partial charge in [-0.15, -0.1) is 10.2 Å². The third-order valence-electron chi connectivity index (χ3n) is 8.85. The highest BCUT2D eigenvalue weighted by atomic mass is 16.2. The second-order valence-corrected chi connectivity index (χ2v) is 11.3. The predicted molar refractivity (Wildman–Crippen MR) is 149 cm³/mol. The molecular weight excluding hydrogens is 502 g/mol. The number of nitrogens with one attached hydrogen (secondary N) is 1. The molecule has 5 aromatic rings. The first-order chi connectivity index (χ1) is 19.7. The van der Waals surface area contributed by atoms with Gasteiger partial charge in [-0.1, -0.05) is 36.4 Å². The van der Waals surface area contributed by atoms with Crippen molar-refractivity contribution >= 4 is 17.4 Å². The van der Waals surface area contributed by atoms with Crippen LogP contribution in [0, 0.1) is 0 Å². The lowest BCUT2D eigenvalue weighted by Gasteiger charge is -2.39. The number of carbonyl (C=O) groups excluding carboxylic acids is 1. The molecular formula is C30H29N9O. The molecule has 2 bridgehead atoms. The Balaban J connectivity index is 1.16. The van der Waals surface area contributed by atoms with E-state index in [1.165, 1.54) is 6.33 Å². The Bertz CT molecular complexity index is 1690. The van der Waals surface area contributed by atoms with Crippen molar-refractivity contribution in [3.8, 4) is 22.4 Å². The number of hydrogen-bond acceptors (Lipinski definition) is 7. The van der Waals surface area contributed by atoms with Crippen molar-refractivity contribution in [3.05, 3.63) is 78.3 Å². The molecule has 8 rings (SSSR count). The predicted octanol–water partition coefficient (Wildman–Crippen LogP) is 4.59. The Morgan fingerprint density at radius 3 is 2.40 bits per heavy atom. The van der Waals surface area contributed by atoms with Crippen LogP contribution in [0.25, 0.3) is 28.0 Å². The number of nitrogens with two attached hydrogens (primary N) is 1. The molecule has 3 aliphatic rings. The average Bonchev–Trinajstić information content (AvgIpc) is 3.37. The van der Waals surface area contributed by atoms with Crippen LogP contribution in [0.2, 0.25) is 0 Å². The number of aromatic amines is 1. The van der Waals surface area contributed by atoms with E-state index >= 15 is 0 Å². The van der Waals surface area contributed by atoms with Crippen molar-refractivity contribution in [2.24, 2.45) is 0 Å². The number of rotatable bonds is 5. The number of amides is 1. The lowest BCUT2D eigenvalue weighted by Crippen LogP contribution is -2.46. The first-order valence-corrected chi connectivity index (χ1v) is 14.0. The van der Waals surface area contributed by atoms with Gasteiger partial charge in [-0.3, -0.25) is 9.78 Å². The van der Waals surface area contributed by atoms with Gasteiger partial charge in [-0.2, -0.15) is 9.61 Å². The zero-order valence-corrected chi connectivity index (χ0v) is 21.9. The maximum absolute atomic E-state index is 13.2. The van der Waals surface area contributed by atoms with Crippen molar-refractivity contribution < 1.29 is 4.79 Å². The molecule has 4 aromatic heterocycles. The van der Waals surface area contributed by atoms with E-state index in [-0.39, 0.29) is 23.9 Å². The van der Waals surface area contributed by atoms with Gasteiger partial charge >= 0.3 is 0 Å². The number of fused-ring (bicyclic) bond motifs is 3. The number of hydrogen-bond donors (Lipinski definition) is 2. The second-order valence-electron chi connectivity index (χ2n) is 11.3. The van der Waals surface area contributed by atoms with Crippen LogP contribution in [0.3, 0.4) is 0 Å². The van der Waals surface area contributed by atoms with E-state index in [1.807, 2.05) is 41.6 Å². The summed E-state index contributed by atoms with van der Waals surface area (Å²) < 4.78 is 1.80. The number of nitrogen functional groups attached to an aromatic ring is 1. The van der Waals surface area contributed by atoms with Crippen molar-refractivity contribution in [1.82, 2.24) is 39.7 Å². The van der Waals surface area contributed by atoms with E-state index in [1.54, 1.807) is 4.52 Å². The minimum atomic E-state index is -0.0571. The fourth-order valence-corrected chi connectivity index (χ4v) is 6.85. The van der Waals surface area contributed by atoms with Gasteiger partial charge in [-0.25, -0.2) is 4.98 Å². The molecule has 1 aliphatic carbocycles. The first kappa shape index (κ1) is 23.3. The number of H-pyrrole nitrogens is 1. The summed E-state index contributed by atoms with van der Waals surface area (Å²) in [6.07, 6.45) is 11.2. The lowest BCUT2D eigenvalue weighted by molar-refractivity contribution is 0.0557. The van der Waals surface area contributed by atoms with Crippen molar-refractivity contribution in [2.75, 3.05) is 5.73 Å². The number of piperidine rings is 1. The molecule has 1 saturated carbocycles. The monoisotopic (exact) mass is 531 g/mol. The lowest BCUT2D eigenvalue weighted by atomic mass is 9.85. The van der Waals surface area contributed by atoms with Crippen LogP contribution in [-0.2, 0) is 0 Å². The Morgan fingerprint density at radius 1 is 0.925 bits per heavy atom. The molecule has 0 radical (unpaired) electrons. The summed E-state index contributed by atoms with van der Waals surface area (Å²) in [5.74, 6) is 1.61. The molecule has 10 heteroatoms. The van der Waals surface area contributed by atoms with Crippen LogP contribution in [-0.4, -0.2) is 57.7 Å². The van der Waals surface area contributed by atoms with Gasteiger partial charge in [0.1, 0.15) is 12.1 Å². The molecule has 200 valence electrons. The smallest absolute Gasteiger partial charge is 0.292 e. The number of carbonyl (C=O) groups is 1. The molecule has 10 nitrogen and oxygen atoms in total. The zero-order valence-electron chi connectivity index (χ0n) is 21.9. The highest BCUT2D eigenvalue weighted by Gasteiger charge is 2.46. The molecule has 3 atom stereocenters. The van der Waals surface area contributed by atoms with E-state index < -0.39 is 0 Å². The molecule has 3 N–H and O–H groups in total. The number of anilines is 1. The maximum Gasteiger partial charge on any atom is 0.292 e. The summed E-state index contributed by atoms with van der Waals surface area (Å²) in [6.45, 7) is 0. The third-order valence-corrected chi connectivity index (χ3v) is 8.85. The quantitative estimate of drug-likeness (QED) is 0.339. The Kier molecular flexibility index (Phi) is 5.23. The van der Waals surface area contributed by atoms with Gasteiger partial charge in [0.25, 0.3) is 5.91 Å². The summed E-state index contributed by atoms with van der Waals surface area (Å²) in [4.78, 5) is 28.2. The summed E-state index contributed by atoms with van der Waals surface area (Å²) in [5.41, 5.74) is 13.7. The second kappa shape index (κ2) is 8.97. The van der Waals surface area contributed by atoms with Gasteiger partial charge in [-0.05, 0) is 50.5 Å². The summed E-state index contributed by atoms with van der Waals surface area (Å²) in [7, 11) is 0. The number of nitrogens with zero attached hydrogens (tertiary/aromatic N) is 7. The standard InChI is InChI=1S/C30H29N9O/c31-27-25(18-6-7-18)26(20-12-21-9-10-22(13-20)38(21)30(40)28-33-16-34-37-28)36-29-23(15-35-39(27)29)19-8-11-24(32-14-19)17-4-2-1-3-5-17/h1-5,8,11,14-16,18,20-22H,6-7,9-10,12-13,31H2,(H,33,34,37)/t20?,21-,22+. The van der Waals surface area contributed by atoms with Crippen LogP contribution < -0.4 is 5.73 Å². The molecule has 2 saturated heterocycles. The maximum atomic E-state index is 13.2. The molecule has 1 amide bonds. The van der Waals surface area contributed by atoms with Crippen LogP contribution in [0.5, 0.6) is 0 Å². The topological polar surface area (TPSA) is 131 Å². The summed E-state index contributed by atoms with van der Waals surface area (Å²) in [6, 6.07) is 14.6. The summed E-state index contributed by atoms with van der Waals surface area (Å²) in [5, 5.41) is 12.4. The highest BCUT2D eigenvalue weighted by molar-refractivity contribution is 5.91. The minimum Gasteiger partial charge on any atom is -0.383 e. The number of aromatic nitrogens is 7. The van der Waals surface area contributed by atoms with Crippen LogP contribution in [0.4, 0.5) is 5.82 Å². The van der Waals surface area contributed by atoms with Crippen LogP contribution in [0.15, 0.2) is 61.2 Å². The van der Waals surface area contributed by atoms with Crippen molar-refractivity contribution in [2.45, 2.75) is 62.4 Å². The number of benzene rings is 1. The van der Waals surface area contributed by atoms with E-state index in [2.05, 4.69) is 38.5 Å². The fourth-order valence-electron chi connectivity index (χ4n) is 6.85. The van der Waals surface area contributed by atoms with Gasteiger partial charge in [0.15, 0.2) is 5.65 Å². The zero-order chi connectivity index (χ0) is 26.8. The van der Waals surface area contributed by atoms with Crippen LogP contribution in [0.1, 0.15) is 72.2 Å². The Labute approximate surface area is 230 Å². The van der Waals surface area contributed by atoms with E-state index in [9.17, 15) is 4.79 Å². The van der Waals surface area contributed by atoms with Crippen molar-refractivity contribution in [3.63, 3.8) is 0 Å². The molecule has 2 aliphatic heterocycles. The van der Waals surface area contributed by atoms with E-state index in [0.717, 1.165) is 77.8 Å². The van der Waals surface area contributed by atoms with Gasteiger partial charge in [0.2, 0.25) is 5.82 Å². The van der Waals surface area contributed by atoms with Gasteiger partial charge in [0, 0.05) is 46.5 Å². The minimum absolute atomic E-state index is 0.0571. The molecule has 6 heterocycles. The molecule has 1 aromatic carbocycles. The fraction of sp³-hybridized carbons (Fsp3) is 0.333. The largest absolute Gasteiger partial charge is 0.383 e. The van der Waals surface area contributed by atoms with Crippen molar-refractivity contribution in [1.29, 1.82) is 0 Å². The highest BCUT2D eigenvalue weighted by Crippen LogP contribution is 2.50. The van der Waals surface area contributed by atoms with E-state index in [4.69, 9.17) is 15.7 Å². The SMILES string of the molecule is Nc1c(C2CC2)c(C2C[C@H]3CC[C@@H](C2)N3C(=O)c2nnc[nH]2)nc2c(-c3ccc(-c4ccccc4)nc3)cnn12. The summed E-state index contributed by atoms with van der Waals surface area (Å²) >= 11 is 0.